The van der Waals surface area contributed by atoms with Gasteiger partial charge in [-0.3, -0.25) is 10.1 Å². The van der Waals surface area contributed by atoms with Gasteiger partial charge >= 0.3 is 5.97 Å². The molecule has 0 radical (unpaired) electrons. The van der Waals surface area contributed by atoms with Gasteiger partial charge in [-0.25, -0.2) is 0 Å². The van der Waals surface area contributed by atoms with Crippen molar-refractivity contribution in [2.45, 2.75) is 44.7 Å². The number of hydrogen-bond donors (Lipinski definition) is 2. The molecule has 0 aromatic rings. The molecule has 1 saturated carbocycles. The first-order valence-corrected chi connectivity index (χ1v) is 5.63. The van der Waals surface area contributed by atoms with Crippen LogP contribution in [-0.2, 0) is 9.53 Å². The average Bonchev–Trinajstić information content (AvgIpc) is 2.20. The molecule has 15 heavy (non-hydrogen) atoms. The number of carbonyl (C=O) groups is 1. The van der Waals surface area contributed by atoms with Crippen molar-refractivity contribution >= 4 is 5.97 Å². The Labute approximate surface area is 91.0 Å². The second-order valence-electron chi connectivity index (χ2n) is 4.38. The van der Waals surface area contributed by atoms with E-state index in [1.807, 2.05) is 0 Å². The van der Waals surface area contributed by atoms with Crippen LogP contribution in [0, 0.1) is 5.92 Å². The molecule has 0 spiro atoms. The van der Waals surface area contributed by atoms with Crippen LogP contribution in [0.15, 0.2) is 0 Å². The fourth-order valence-corrected chi connectivity index (χ4v) is 2.18. The molecule has 1 aliphatic rings. The highest BCUT2D eigenvalue weighted by Crippen LogP contribution is 2.24. The molecular formula is C11H21NO3. The summed E-state index contributed by atoms with van der Waals surface area (Å²) in [5.74, 6) is -0.257. The maximum Gasteiger partial charge on any atom is 0.323 e. The maximum atomic E-state index is 10.9. The molecule has 3 unspecified atom stereocenters. The third-order valence-electron chi connectivity index (χ3n) is 3.16. The van der Waals surface area contributed by atoms with Crippen LogP contribution in [-0.4, -0.2) is 36.9 Å². The van der Waals surface area contributed by atoms with Crippen molar-refractivity contribution in [1.29, 1.82) is 0 Å². The van der Waals surface area contributed by atoms with Crippen LogP contribution >= 0.6 is 0 Å². The fraction of sp³-hybridized carbons (Fsp3) is 0.909. The molecule has 2 N–H and O–H groups in total. The number of nitrogens with one attached hydrogen (secondary N) is 1. The van der Waals surface area contributed by atoms with E-state index in [1.165, 1.54) is 26.4 Å². The van der Waals surface area contributed by atoms with E-state index in [0.29, 0.717) is 12.0 Å². The molecule has 0 aliphatic heterocycles. The second-order valence-corrected chi connectivity index (χ2v) is 4.38. The molecule has 1 fully saturated rings. The molecule has 1 rings (SSSR count). The van der Waals surface area contributed by atoms with Crippen LogP contribution in [0.5, 0.6) is 0 Å². The van der Waals surface area contributed by atoms with Gasteiger partial charge < -0.3 is 9.84 Å². The summed E-state index contributed by atoms with van der Waals surface area (Å²) in [6, 6.07) is -0.240. The fourth-order valence-electron chi connectivity index (χ4n) is 2.18. The van der Waals surface area contributed by atoms with E-state index in [2.05, 4.69) is 12.2 Å². The van der Waals surface area contributed by atoms with E-state index in [-0.39, 0.29) is 6.61 Å². The third-order valence-corrected chi connectivity index (χ3v) is 3.16. The Hall–Kier alpha value is -0.610. The first-order valence-electron chi connectivity index (χ1n) is 5.63. The van der Waals surface area contributed by atoms with E-state index < -0.39 is 12.0 Å². The monoisotopic (exact) mass is 215 g/mol. The summed E-state index contributed by atoms with van der Waals surface area (Å²) < 4.78 is 4.90. The molecule has 0 aromatic heterocycles. The van der Waals surface area contributed by atoms with Crippen LogP contribution in [0.2, 0.25) is 0 Å². The van der Waals surface area contributed by atoms with Crippen molar-refractivity contribution in [1.82, 2.24) is 5.32 Å². The van der Waals surface area contributed by atoms with E-state index in [4.69, 9.17) is 9.84 Å². The van der Waals surface area contributed by atoms with E-state index in [0.717, 1.165) is 6.42 Å². The minimum atomic E-state index is -0.824. The molecule has 0 amide bonds. The lowest BCUT2D eigenvalue weighted by atomic mass is 9.85. The van der Waals surface area contributed by atoms with Crippen LogP contribution in [0.4, 0.5) is 0 Å². The number of rotatable bonds is 5. The van der Waals surface area contributed by atoms with E-state index in [9.17, 15) is 4.79 Å². The second kappa shape index (κ2) is 6.08. The lowest BCUT2D eigenvalue weighted by Crippen LogP contribution is -2.49. The number of ether oxygens (including phenoxy) is 1. The standard InChI is InChI=1S/C11H21NO3/c1-8-5-3-4-6-9(8)12-10(7-15-2)11(13)14/h8-10,12H,3-7H2,1-2H3,(H,13,14). The molecular weight excluding hydrogens is 194 g/mol. The zero-order valence-corrected chi connectivity index (χ0v) is 9.53. The first-order chi connectivity index (χ1) is 7.15. The summed E-state index contributed by atoms with van der Waals surface area (Å²) in [5.41, 5.74) is 0. The van der Waals surface area contributed by atoms with Gasteiger partial charge in [-0.1, -0.05) is 19.8 Å². The van der Waals surface area contributed by atoms with Crippen LogP contribution in [0.3, 0.4) is 0 Å². The Kier molecular flexibility index (Phi) is 5.05. The number of carboxylic acid groups (broad SMARTS) is 1. The molecule has 0 bridgehead atoms. The third kappa shape index (κ3) is 3.80. The minimum Gasteiger partial charge on any atom is -0.480 e. The Morgan fingerprint density at radius 3 is 2.73 bits per heavy atom. The van der Waals surface area contributed by atoms with Crippen molar-refractivity contribution in [3.05, 3.63) is 0 Å². The summed E-state index contributed by atoms with van der Waals surface area (Å²) in [4.78, 5) is 10.9. The van der Waals surface area contributed by atoms with Crippen molar-refractivity contribution in [2.75, 3.05) is 13.7 Å². The lowest BCUT2D eigenvalue weighted by molar-refractivity contribution is -0.141. The normalized spacial score (nSPS) is 28.7. The van der Waals surface area contributed by atoms with Gasteiger partial charge in [0.2, 0.25) is 0 Å². The van der Waals surface area contributed by atoms with Gasteiger partial charge in [-0.05, 0) is 18.8 Å². The van der Waals surface area contributed by atoms with Crippen LogP contribution in [0.1, 0.15) is 32.6 Å². The van der Waals surface area contributed by atoms with Gasteiger partial charge in [0.25, 0.3) is 0 Å². The molecule has 0 saturated heterocycles. The van der Waals surface area contributed by atoms with Gasteiger partial charge in [-0.2, -0.15) is 0 Å². The Morgan fingerprint density at radius 1 is 1.53 bits per heavy atom. The predicted octanol–water partition coefficient (Wildman–Crippen LogP) is 1.25. The zero-order chi connectivity index (χ0) is 11.3. The largest absolute Gasteiger partial charge is 0.480 e. The Balaban J connectivity index is 2.44. The number of carboxylic acids is 1. The summed E-state index contributed by atoms with van der Waals surface area (Å²) in [6.07, 6.45) is 4.73. The van der Waals surface area contributed by atoms with Gasteiger partial charge in [0.15, 0.2) is 0 Å². The topological polar surface area (TPSA) is 58.6 Å². The number of hydrogen-bond acceptors (Lipinski definition) is 3. The molecule has 4 nitrogen and oxygen atoms in total. The molecule has 0 heterocycles. The highest BCUT2D eigenvalue weighted by Gasteiger charge is 2.26. The predicted molar refractivity (Wildman–Crippen MR) is 57.9 cm³/mol. The quantitative estimate of drug-likeness (QED) is 0.724. The van der Waals surface area contributed by atoms with Crippen molar-refractivity contribution in [3.8, 4) is 0 Å². The highest BCUT2D eigenvalue weighted by molar-refractivity contribution is 5.73. The van der Waals surface area contributed by atoms with Crippen molar-refractivity contribution in [2.24, 2.45) is 5.92 Å². The summed E-state index contributed by atoms with van der Waals surface area (Å²) in [7, 11) is 1.53. The lowest BCUT2D eigenvalue weighted by Gasteiger charge is -2.31. The van der Waals surface area contributed by atoms with Gasteiger partial charge in [0, 0.05) is 13.2 Å². The Morgan fingerprint density at radius 2 is 2.20 bits per heavy atom. The van der Waals surface area contributed by atoms with E-state index in [1.54, 1.807) is 0 Å². The zero-order valence-electron chi connectivity index (χ0n) is 9.53. The van der Waals surface area contributed by atoms with Gasteiger partial charge in [-0.15, -0.1) is 0 Å². The molecule has 3 atom stereocenters. The van der Waals surface area contributed by atoms with Crippen LogP contribution < -0.4 is 5.32 Å². The van der Waals surface area contributed by atoms with Crippen molar-refractivity contribution in [3.63, 3.8) is 0 Å². The highest BCUT2D eigenvalue weighted by atomic mass is 16.5. The number of methoxy groups -OCH3 is 1. The maximum absolute atomic E-state index is 10.9. The summed E-state index contributed by atoms with van der Waals surface area (Å²) in [5, 5.41) is 12.2. The summed E-state index contributed by atoms with van der Waals surface area (Å²) in [6.45, 7) is 2.42. The average molecular weight is 215 g/mol. The minimum absolute atomic E-state index is 0.235. The molecule has 4 heteroatoms. The molecule has 1 aliphatic carbocycles. The van der Waals surface area contributed by atoms with Crippen LogP contribution in [0.25, 0.3) is 0 Å². The molecule has 0 aromatic carbocycles. The first kappa shape index (κ1) is 12.5. The van der Waals surface area contributed by atoms with Gasteiger partial charge in [0.1, 0.15) is 6.04 Å². The smallest absolute Gasteiger partial charge is 0.323 e. The summed E-state index contributed by atoms with van der Waals surface area (Å²) >= 11 is 0. The number of aliphatic carboxylic acids is 1. The van der Waals surface area contributed by atoms with E-state index >= 15 is 0 Å². The van der Waals surface area contributed by atoms with Gasteiger partial charge in [0.05, 0.1) is 6.61 Å². The Bertz CT molecular complexity index is 208. The molecule has 88 valence electrons. The SMILES string of the molecule is COCC(NC1CCCCC1C)C(=O)O. The van der Waals surface area contributed by atoms with Crippen molar-refractivity contribution < 1.29 is 14.6 Å².